The van der Waals surface area contributed by atoms with Crippen LogP contribution >= 0.6 is 0 Å². The molecular formula is C13H20N2O2. The van der Waals surface area contributed by atoms with Crippen LogP contribution in [-0.4, -0.2) is 17.6 Å². The zero-order valence-corrected chi connectivity index (χ0v) is 10.1. The second-order valence-corrected chi connectivity index (χ2v) is 4.32. The molecule has 0 radical (unpaired) electrons. The zero-order chi connectivity index (χ0) is 12.7. The highest BCUT2D eigenvalue weighted by atomic mass is 16.3. The highest BCUT2D eigenvalue weighted by Crippen LogP contribution is 2.15. The SMILES string of the molecule is CC(CCN)CCC(=O)Nc1ccc(O)cc1. The standard InChI is InChI=1S/C13H20N2O2/c1-10(8-9-14)2-7-13(17)15-11-3-5-12(16)6-4-11/h3-6,10,16H,2,7-9,14H2,1H3,(H,15,17). The molecule has 4 nitrogen and oxygen atoms in total. The van der Waals surface area contributed by atoms with E-state index in [0.717, 1.165) is 12.8 Å². The van der Waals surface area contributed by atoms with Crippen molar-refractivity contribution in [2.45, 2.75) is 26.2 Å². The minimum Gasteiger partial charge on any atom is -0.508 e. The van der Waals surface area contributed by atoms with E-state index in [4.69, 9.17) is 10.8 Å². The number of nitrogens with two attached hydrogens (primary N) is 1. The van der Waals surface area contributed by atoms with E-state index in [1.54, 1.807) is 24.3 Å². The van der Waals surface area contributed by atoms with E-state index in [9.17, 15) is 4.79 Å². The largest absolute Gasteiger partial charge is 0.508 e. The average molecular weight is 236 g/mol. The fraction of sp³-hybridized carbons (Fsp3) is 0.462. The average Bonchev–Trinajstić information content (AvgIpc) is 2.30. The molecule has 1 unspecified atom stereocenters. The predicted octanol–water partition coefficient (Wildman–Crippen LogP) is 2.10. The molecule has 1 amide bonds. The van der Waals surface area contributed by atoms with E-state index < -0.39 is 0 Å². The van der Waals surface area contributed by atoms with Gasteiger partial charge in [-0.2, -0.15) is 0 Å². The van der Waals surface area contributed by atoms with Crippen molar-refractivity contribution in [2.75, 3.05) is 11.9 Å². The number of carbonyl (C=O) groups excluding carboxylic acids is 1. The molecule has 0 fully saturated rings. The molecule has 94 valence electrons. The first-order valence-corrected chi connectivity index (χ1v) is 5.90. The number of benzene rings is 1. The summed E-state index contributed by atoms with van der Waals surface area (Å²) in [5.74, 6) is 0.671. The predicted molar refractivity (Wildman–Crippen MR) is 68.8 cm³/mol. The molecule has 0 spiro atoms. The van der Waals surface area contributed by atoms with Gasteiger partial charge in [-0.05, 0) is 49.6 Å². The first-order valence-electron chi connectivity index (χ1n) is 5.90. The van der Waals surface area contributed by atoms with Gasteiger partial charge in [0.1, 0.15) is 5.75 Å². The van der Waals surface area contributed by atoms with Gasteiger partial charge < -0.3 is 16.2 Å². The first-order chi connectivity index (χ1) is 8.11. The quantitative estimate of drug-likeness (QED) is 0.662. The Morgan fingerprint density at radius 3 is 2.59 bits per heavy atom. The molecule has 0 aliphatic rings. The van der Waals surface area contributed by atoms with Crippen LogP contribution in [0.4, 0.5) is 5.69 Å². The summed E-state index contributed by atoms with van der Waals surface area (Å²) in [7, 11) is 0. The van der Waals surface area contributed by atoms with Crippen molar-refractivity contribution in [3.05, 3.63) is 24.3 Å². The Labute approximate surface area is 102 Å². The lowest BCUT2D eigenvalue weighted by atomic mass is 10.0. The molecule has 0 saturated heterocycles. The molecule has 0 aliphatic carbocycles. The Balaban J connectivity index is 2.32. The maximum Gasteiger partial charge on any atom is 0.224 e. The molecule has 4 heteroatoms. The molecule has 17 heavy (non-hydrogen) atoms. The Kier molecular flexibility index (Phi) is 5.49. The molecule has 1 atom stereocenters. The molecule has 1 aromatic carbocycles. The fourth-order valence-corrected chi connectivity index (χ4v) is 1.57. The lowest BCUT2D eigenvalue weighted by molar-refractivity contribution is -0.116. The van der Waals surface area contributed by atoms with E-state index in [0.29, 0.717) is 24.6 Å². The van der Waals surface area contributed by atoms with Crippen molar-refractivity contribution in [3.63, 3.8) is 0 Å². The molecule has 0 aliphatic heterocycles. The van der Waals surface area contributed by atoms with Gasteiger partial charge in [0.25, 0.3) is 0 Å². The van der Waals surface area contributed by atoms with Crippen LogP contribution in [0.2, 0.25) is 0 Å². The summed E-state index contributed by atoms with van der Waals surface area (Å²) >= 11 is 0. The molecule has 0 aromatic heterocycles. The van der Waals surface area contributed by atoms with Crippen LogP contribution in [0.1, 0.15) is 26.2 Å². The molecule has 0 bridgehead atoms. The maximum absolute atomic E-state index is 11.6. The smallest absolute Gasteiger partial charge is 0.224 e. The number of carbonyl (C=O) groups is 1. The van der Waals surface area contributed by atoms with Gasteiger partial charge in [0, 0.05) is 12.1 Å². The van der Waals surface area contributed by atoms with Crippen LogP contribution in [0.15, 0.2) is 24.3 Å². The summed E-state index contributed by atoms with van der Waals surface area (Å²) in [6.45, 7) is 2.77. The summed E-state index contributed by atoms with van der Waals surface area (Å²) in [6, 6.07) is 6.45. The van der Waals surface area contributed by atoms with Gasteiger partial charge in [-0.25, -0.2) is 0 Å². The lowest BCUT2D eigenvalue weighted by Crippen LogP contribution is -2.13. The number of aromatic hydroxyl groups is 1. The van der Waals surface area contributed by atoms with Gasteiger partial charge in [0.15, 0.2) is 0 Å². The number of phenolic OH excluding ortho intramolecular Hbond substituents is 1. The lowest BCUT2D eigenvalue weighted by Gasteiger charge is -2.09. The topological polar surface area (TPSA) is 75.4 Å². The fourth-order valence-electron chi connectivity index (χ4n) is 1.57. The number of hydrogen-bond donors (Lipinski definition) is 3. The molecule has 1 aromatic rings. The number of hydrogen-bond acceptors (Lipinski definition) is 3. The van der Waals surface area contributed by atoms with Crippen molar-refractivity contribution in [1.82, 2.24) is 0 Å². The van der Waals surface area contributed by atoms with E-state index >= 15 is 0 Å². The minimum atomic E-state index is -0.000406. The van der Waals surface area contributed by atoms with Crippen LogP contribution in [0.5, 0.6) is 5.75 Å². The third-order valence-electron chi connectivity index (χ3n) is 2.67. The van der Waals surface area contributed by atoms with Gasteiger partial charge in [0.2, 0.25) is 5.91 Å². The molecular weight excluding hydrogens is 216 g/mol. The number of phenols is 1. The number of rotatable bonds is 6. The van der Waals surface area contributed by atoms with E-state index in [-0.39, 0.29) is 11.7 Å². The maximum atomic E-state index is 11.6. The third-order valence-corrected chi connectivity index (χ3v) is 2.67. The summed E-state index contributed by atoms with van der Waals surface area (Å²) in [6.07, 6.45) is 2.30. The summed E-state index contributed by atoms with van der Waals surface area (Å²) in [5.41, 5.74) is 6.16. The van der Waals surface area contributed by atoms with Crippen LogP contribution in [0, 0.1) is 5.92 Å². The van der Waals surface area contributed by atoms with Gasteiger partial charge >= 0.3 is 0 Å². The van der Waals surface area contributed by atoms with Crippen LogP contribution < -0.4 is 11.1 Å². The third kappa shape index (κ3) is 5.36. The molecule has 0 saturated carbocycles. The first kappa shape index (κ1) is 13.5. The van der Waals surface area contributed by atoms with Crippen LogP contribution in [-0.2, 0) is 4.79 Å². The molecule has 4 N–H and O–H groups in total. The van der Waals surface area contributed by atoms with Crippen molar-refractivity contribution < 1.29 is 9.90 Å². The summed E-state index contributed by atoms with van der Waals surface area (Å²) < 4.78 is 0. The highest BCUT2D eigenvalue weighted by Gasteiger charge is 2.06. The molecule has 0 heterocycles. The normalized spacial score (nSPS) is 12.1. The van der Waals surface area contributed by atoms with E-state index in [1.165, 1.54) is 0 Å². The Bertz CT molecular complexity index is 349. The second-order valence-electron chi connectivity index (χ2n) is 4.32. The Morgan fingerprint density at radius 1 is 1.35 bits per heavy atom. The van der Waals surface area contributed by atoms with Crippen molar-refractivity contribution in [2.24, 2.45) is 11.7 Å². The van der Waals surface area contributed by atoms with Crippen molar-refractivity contribution >= 4 is 11.6 Å². The number of nitrogens with one attached hydrogen (secondary N) is 1. The summed E-state index contributed by atoms with van der Waals surface area (Å²) in [5, 5.41) is 11.9. The van der Waals surface area contributed by atoms with E-state index in [1.807, 2.05) is 0 Å². The van der Waals surface area contributed by atoms with Gasteiger partial charge in [-0.3, -0.25) is 4.79 Å². The monoisotopic (exact) mass is 236 g/mol. The molecule has 1 rings (SSSR count). The van der Waals surface area contributed by atoms with Crippen molar-refractivity contribution in [3.8, 4) is 5.75 Å². The van der Waals surface area contributed by atoms with Crippen LogP contribution in [0.25, 0.3) is 0 Å². The zero-order valence-electron chi connectivity index (χ0n) is 10.1. The van der Waals surface area contributed by atoms with E-state index in [2.05, 4.69) is 12.2 Å². The number of anilines is 1. The number of amides is 1. The summed E-state index contributed by atoms with van der Waals surface area (Å²) in [4.78, 5) is 11.6. The Hall–Kier alpha value is -1.55. The van der Waals surface area contributed by atoms with Crippen LogP contribution in [0.3, 0.4) is 0 Å². The van der Waals surface area contributed by atoms with Gasteiger partial charge in [-0.1, -0.05) is 6.92 Å². The Morgan fingerprint density at radius 2 is 2.00 bits per heavy atom. The van der Waals surface area contributed by atoms with Gasteiger partial charge in [0.05, 0.1) is 0 Å². The highest BCUT2D eigenvalue weighted by molar-refractivity contribution is 5.90. The second kappa shape index (κ2) is 6.91. The minimum absolute atomic E-state index is 0.000406. The van der Waals surface area contributed by atoms with Crippen molar-refractivity contribution in [1.29, 1.82) is 0 Å². The van der Waals surface area contributed by atoms with Gasteiger partial charge in [-0.15, -0.1) is 0 Å².